The Morgan fingerprint density at radius 1 is 0.865 bits per heavy atom. The van der Waals surface area contributed by atoms with E-state index in [9.17, 15) is 4.79 Å². The van der Waals surface area contributed by atoms with Crippen LogP contribution in [0.25, 0.3) is 10.8 Å². The van der Waals surface area contributed by atoms with Crippen molar-refractivity contribution in [1.29, 1.82) is 0 Å². The minimum Gasteiger partial charge on any atom is -0.426 e. The predicted molar refractivity (Wildman–Crippen MR) is 160 cm³/mol. The normalized spacial score (nSPS) is 12.1. The molecule has 0 bridgehead atoms. The molecule has 0 aliphatic heterocycles. The number of hydrogen-bond donors (Lipinski definition) is 0. The van der Waals surface area contributed by atoms with Crippen molar-refractivity contribution in [2.45, 2.75) is 110 Å². The number of carbonyl (C=O) groups excluding carboxylic acids is 1. The monoisotopic (exact) mass is 505 g/mol. The zero-order valence-electron chi connectivity index (χ0n) is 24.0. The Kier molecular flexibility index (Phi) is 15.7. The molecule has 2 aromatic carbocycles. The molecule has 0 heterocycles. The topological polar surface area (TPSA) is 29.5 Å². The summed E-state index contributed by atoms with van der Waals surface area (Å²) in [6.07, 6.45) is 23.6. The highest BCUT2D eigenvalue weighted by molar-refractivity contribution is 5.93. The second kappa shape index (κ2) is 18.8. The second-order valence-electron chi connectivity index (χ2n) is 10.6. The fourth-order valence-electron chi connectivity index (χ4n) is 4.48. The summed E-state index contributed by atoms with van der Waals surface area (Å²) in [5.74, 6) is 0.583. The lowest BCUT2D eigenvalue weighted by molar-refractivity contribution is -0.134. The molecule has 0 radical (unpaired) electrons. The van der Waals surface area contributed by atoms with Gasteiger partial charge in [0.05, 0.1) is 0 Å². The van der Waals surface area contributed by atoms with Crippen LogP contribution in [0.1, 0.15) is 103 Å². The number of benzene rings is 2. The van der Waals surface area contributed by atoms with Crippen molar-refractivity contribution in [3.63, 3.8) is 0 Å². The van der Waals surface area contributed by atoms with Crippen molar-refractivity contribution in [2.24, 2.45) is 0 Å². The molecule has 37 heavy (non-hydrogen) atoms. The number of likely N-dealkylation sites (N-methyl/N-ethyl adjacent to an activating group) is 1. The number of allylic oxidation sites excluding steroid dienone is 4. The smallest absolute Gasteiger partial charge is 0.311 e. The van der Waals surface area contributed by atoms with E-state index in [2.05, 4.69) is 81.3 Å². The molecule has 0 unspecified atom stereocenters. The average Bonchev–Trinajstić information content (AvgIpc) is 2.89. The second-order valence-corrected chi connectivity index (χ2v) is 10.6. The van der Waals surface area contributed by atoms with Crippen molar-refractivity contribution >= 4 is 16.7 Å². The largest absolute Gasteiger partial charge is 0.426 e. The summed E-state index contributed by atoms with van der Waals surface area (Å²) in [5.41, 5.74) is 1.24. The molecule has 0 N–H and O–H groups in total. The first kappa shape index (κ1) is 30.8. The van der Waals surface area contributed by atoms with E-state index in [1.54, 1.807) is 0 Å². The van der Waals surface area contributed by atoms with Gasteiger partial charge in [-0.05, 0) is 82.9 Å². The summed E-state index contributed by atoms with van der Waals surface area (Å²) in [6.45, 7) is 7.65. The van der Waals surface area contributed by atoms with Gasteiger partial charge in [-0.3, -0.25) is 4.79 Å². The molecule has 0 spiro atoms. The van der Waals surface area contributed by atoms with Gasteiger partial charge in [0.1, 0.15) is 5.75 Å². The Bertz CT molecular complexity index is 954. The molecular weight excluding hydrogens is 454 g/mol. The maximum absolute atomic E-state index is 12.6. The van der Waals surface area contributed by atoms with Crippen LogP contribution in [-0.2, 0) is 11.2 Å². The molecule has 3 nitrogen and oxygen atoms in total. The van der Waals surface area contributed by atoms with E-state index in [1.165, 1.54) is 50.5 Å². The highest BCUT2D eigenvalue weighted by Gasteiger charge is 2.12. The molecular formula is C34H51NO2. The highest BCUT2D eigenvalue weighted by atomic mass is 16.5. The molecule has 0 aromatic heterocycles. The predicted octanol–water partition coefficient (Wildman–Crippen LogP) is 9.44. The van der Waals surface area contributed by atoms with Gasteiger partial charge in [-0.2, -0.15) is 0 Å². The Balaban J connectivity index is 1.67. The third kappa shape index (κ3) is 12.6. The number of nitrogens with zero attached hydrogens (tertiary/aromatic N) is 1. The molecule has 204 valence electrons. The Morgan fingerprint density at radius 3 is 2.22 bits per heavy atom. The van der Waals surface area contributed by atoms with Crippen molar-refractivity contribution in [3.8, 4) is 5.75 Å². The van der Waals surface area contributed by atoms with E-state index in [-0.39, 0.29) is 5.97 Å². The summed E-state index contributed by atoms with van der Waals surface area (Å²) in [6, 6.07) is 12.9. The van der Waals surface area contributed by atoms with Gasteiger partial charge in [0, 0.05) is 24.4 Å². The van der Waals surface area contributed by atoms with Crippen LogP contribution in [0.3, 0.4) is 0 Å². The number of ether oxygens (including phenoxy) is 1. The van der Waals surface area contributed by atoms with Gasteiger partial charge in [0.25, 0.3) is 0 Å². The number of esters is 1. The summed E-state index contributed by atoms with van der Waals surface area (Å²) < 4.78 is 5.87. The minimum atomic E-state index is -0.118. The number of carbonyl (C=O) groups is 1. The van der Waals surface area contributed by atoms with Gasteiger partial charge in [-0.25, -0.2) is 0 Å². The SMILES string of the molecule is CCCCC/C=C\C/C=C\CCCCCCCC(=O)Oc1cccc2cccc(CCN(C)C(C)C)c12. The maximum Gasteiger partial charge on any atom is 0.311 e. The molecule has 0 fully saturated rings. The van der Waals surface area contributed by atoms with Gasteiger partial charge >= 0.3 is 5.97 Å². The van der Waals surface area contributed by atoms with Gasteiger partial charge in [0.2, 0.25) is 0 Å². The summed E-state index contributed by atoms with van der Waals surface area (Å²) in [7, 11) is 2.16. The fourth-order valence-corrected chi connectivity index (χ4v) is 4.48. The number of rotatable bonds is 19. The van der Waals surface area contributed by atoms with Crippen LogP contribution in [-0.4, -0.2) is 30.5 Å². The first-order chi connectivity index (χ1) is 18.0. The van der Waals surface area contributed by atoms with Crippen molar-refractivity contribution in [3.05, 3.63) is 66.3 Å². The number of unbranched alkanes of at least 4 members (excludes halogenated alkanes) is 8. The van der Waals surface area contributed by atoms with E-state index in [4.69, 9.17) is 4.74 Å². The molecule has 0 aliphatic rings. The van der Waals surface area contributed by atoms with Crippen molar-refractivity contribution in [2.75, 3.05) is 13.6 Å². The third-order valence-electron chi connectivity index (χ3n) is 7.12. The quantitative estimate of drug-likeness (QED) is 0.0824. The molecule has 3 heteroatoms. The lowest BCUT2D eigenvalue weighted by atomic mass is 10.0. The van der Waals surface area contributed by atoms with Crippen LogP contribution < -0.4 is 4.74 Å². The maximum atomic E-state index is 12.6. The lowest BCUT2D eigenvalue weighted by Gasteiger charge is -2.21. The van der Waals surface area contributed by atoms with Crippen LogP contribution in [0.4, 0.5) is 0 Å². The van der Waals surface area contributed by atoms with E-state index in [0.717, 1.165) is 49.4 Å². The number of fused-ring (bicyclic) bond motifs is 1. The van der Waals surface area contributed by atoms with Gasteiger partial charge in [-0.1, -0.05) is 93.7 Å². The fraction of sp³-hybridized carbons (Fsp3) is 0.559. The Labute approximate surface area is 227 Å². The van der Waals surface area contributed by atoms with Crippen LogP contribution in [0.15, 0.2) is 60.7 Å². The van der Waals surface area contributed by atoms with E-state index in [1.807, 2.05) is 12.1 Å². The molecule has 0 saturated heterocycles. The third-order valence-corrected chi connectivity index (χ3v) is 7.12. The zero-order chi connectivity index (χ0) is 26.7. The standard InChI is InChI=1S/C34H51NO2/c1-5-6-7-8-9-10-11-12-13-14-15-16-17-18-19-26-33(36)37-32-25-21-24-30-22-20-23-31(34(30)32)27-28-35(4)29(2)3/h9-10,12-13,20-25,29H,5-8,11,14-19,26-28H2,1-4H3/b10-9-,13-12-. The molecule has 0 atom stereocenters. The molecule has 2 rings (SSSR count). The Morgan fingerprint density at radius 2 is 1.51 bits per heavy atom. The van der Waals surface area contributed by atoms with Gasteiger partial charge in [0.15, 0.2) is 0 Å². The molecule has 0 aliphatic carbocycles. The number of hydrogen-bond acceptors (Lipinski definition) is 3. The van der Waals surface area contributed by atoms with Gasteiger partial charge < -0.3 is 9.64 Å². The van der Waals surface area contributed by atoms with Crippen molar-refractivity contribution < 1.29 is 9.53 Å². The van der Waals surface area contributed by atoms with Crippen molar-refractivity contribution in [1.82, 2.24) is 4.90 Å². The molecule has 2 aromatic rings. The zero-order valence-corrected chi connectivity index (χ0v) is 24.0. The van der Waals surface area contributed by atoms with E-state index >= 15 is 0 Å². The van der Waals surface area contributed by atoms with Crippen LogP contribution in [0.2, 0.25) is 0 Å². The summed E-state index contributed by atoms with van der Waals surface area (Å²) >= 11 is 0. The lowest BCUT2D eigenvalue weighted by Crippen LogP contribution is -2.28. The van der Waals surface area contributed by atoms with E-state index < -0.39 is 0 Å². The van der Waals surface area contributed by atoms with Crippen LogP contribution in [0, 0.1) is 0 Å². The first-order valence-corrected chi connectivity index (χ1v) is 14.7. The Hall–Kier alpha value is -2.39. The van der Waals surface area contributed by atoms with Crippen LogP contribution in [0.5, 0.6) is 5.75 Å². The van der Waals surface area contributed by atoms with Gasteiger partial charge in [-0.15, -0.1) is 0 Å². The molecule has 0 amide bonds. The first-order valence-electron chi connectivity index (χ1n) is 14.7. The minimum absolute atomic E-state index is 0.118. The van der Waals surface area contributed by atoms with Crippen LogP contribution >= 0.6 is 0 Å². The summed E-state index contributed by atoms with van der Waals surface area (Å²) in [4.78, 5) is 15.0. The summed E-state index contributed by atoms with van der Waals surface area (Å²) in [5, 5.41) is 2.21. The average molecular weight is 506 g/mol. The van der Waals surface area contributed by atoms with E-state index in [0.29, 0.717) is 18.2 Å². The molecule has 0 saturated carbocycles. The highest BCUT2D eigenvalue weighted by Crippen LogP contribution is 2.30.